The minimum absolute atomic E-state index is 0.116. The van der Waals surface area contributed by atoms with E-state index in [0.29, 0.717) is 6.04 Å². The summed E-state index contributed by atoms with van der Waals surface area (Å²) in [4.78, 5) is 24.6. The molecule has 5 rings (SSSR count). The number of ether oxygens (including phenoxy) is 1. The number of aromatic amines is 1. The number of rotatable bonds is 6. The molecule has 16 heteroatoms. The van der Waals surface area contributed by atoms with Crippen LogP contribution in [0.3, 0.4) is 0 Å². The first kappa shape index (κ1) is 35.5. The minimum atomic E-state index is -5.08. The topological polar surface area (TPSA) is 141 Å². The Morgan fingerprint density at radius 2 is 1.67 bits per heavy atom. The first-order chi connectivity index (χ1) is 21.2. The van der Waals surface area contributed by atoms with Crippen LogP contribution in [-0.2, 0) is 27.4 Å². The maximum Gasteiger partial charge on any atom is 0.490 e. The predicted molar refractivity (Wildman–Crippen MR) is 149 cm³/mol. The van der Waals surface area contributed by atoms with E-state index < -0.39 is 24.3 Å². The van der Waals surface area contributed by atoms with E-state index in [1.807, 2.05) is 30.7 Å². The summed E-state index contributed by atoms with van der Waals surface area (Å²) in [6.07, 6.45) is 0.354. The first-order valence-electron chi connectivity index (χ1n) is 13.9. The van der Waals surface area contributed by atoms with Gasteiger partial charge in [-0.2, -0.15) is 31.4 Å². The Morgan fingerprint density at radius 1 is 1.00 bits per heavy atom. The highest BCUT2D eigenvalue weighted by Crippen LogP contribution is 2.36. The number of hydrogen-bond donors (Lipinski definition) is 4. The Kier molecular flexibility index (Phi) is 12.5. The number of carboxylic acids is 2. The van der Waals surface area contributed by atoms with E-state index in [4.69, 9.17) is 24.5 Å². The summed E-state index contributed by atoms with van der Waals surface area (Å²) >= 11 is 0. The number of alkyl halides is 6. The fraction of sp³-hybridized carbons (Fsp3) is 0.448. The van der Waals surface area contributed by atoms with Gasteiger partial charge in [0.1, 0.15) is 0 Å². The largest absolute Gasteiger partial charge is 0.490 e. The standard InChI is InChI=1S/C25H31N5O.2C2HF3O2/c1-2-8-21(9-3-1)24-22(17-28-29-24)18-30-13-14-31-25(19-30)11-5-4-10-23(25)27-16-20-7-6-12-26-15-20;2*3-2(4,5)1(6)7/h1-3,6-9,12,15,17,23,27H,4-5,10-11,13-14,16,18-19H2,(H,28,29);2*(H,6,7). The third kappa shape index (κ3) is 10.8. The van der Waals surface area contributed by atoms with Gasteiger partial charge in [-0.3, -0.25) is 15.0 Å². The minimum Gasteiger partial charge on any atom is -0.475 e. The number of pyridine rings is 1. The monoisotopic (exact) mass is 645 g/mol. The van der Waals surface area contributed by atoms with Crippen LogP contribution in [0.25, 0.3) is 11.3 Å². The van der Waals surface area contributed by atoms with Gasteiger partial charge in [-0.25, -0.2) is 9.59 Å². The van der Waals surface area contributed by atoms with Crippen LogP contribution in [0, 0.1) is 0 Å². The smallest absolute Gasteiger partial charge is 0.475 e. The molecule has 4 N–H and O–H groups in total. The molecule has 3 heterocycles. The summed E-state index contributed by atoms with van der Waals surface area (Å²) < 4.78 is 70.0. The van der Waals surface area contributed by atoms with Crippen molar-refractivity contribution >= 4 is 11.9 Å². The molecule has 1 aliphatic heterocycles. The molecule has 0 radical (unpaired) electrons. The van der Waals surface area contributed by atoms with Gasteiger partial charge in [0.2, 0.25) is 0 Å². The van der Waals surface area contributed by atoms with Gasteiger partial charge in [-0.05, 0) is 30.0 Å². The van der Waals surface area contributed by atoms with Crippen molar-refractivity contribution in [3.8, 4) is 11.3 Å². The van der Waals surface area contributed by atoms with Gasteiger partial charge in [-0.1, -0.05) is 49.2 Å². The van der Waals surface area contributed by atoms with Gasteiger partial charge in [-0.15, -0.1) is 0 Å². The fourth-order valence-corrected chi connectivity index (χ4v) is 5.15. The van der Waals surface area contributed by atoms with Gasteiger partial charge < -0.3 is 20.3 Å². The third-order valence-corrected chi connectivity index (χ3v) is 7.20. The number of halogens is 6. The normalized spacial score (nSPS) is 20.4. The Balaban J connectivity index is 0.000000331. The average Bonchev–Trinajstić information content (AvgIpc) is 3.45. The molecule has 0 amide bonds. The molecule has 10 nitrogen and oxygen atoms in total. The molecule has 1 aliphatic carbocycles. The molecule has 3 aromatic rings. The summed E-state index contributed by atoms with van der Waals surface area (Å²) in [6.45, 7) is 4.42. The zero-order chi connectivity index (χ0) is 33.1. The second-order valence-corrected chi connectivity index (χ2v) is 10.4. The van der Waals surface area contributed by atoms with Crippen LogP contribution in [0.5, 0.6) is 0 Å². The lowest BCUT2D eigenvalue weighted by Crippen LogP contribution is -2.63. The summed E-state index contributed by atoms with van der Waals surface area (Å²) in [7, 11) is 0. The third-order valence-electron chi connectivity index (χ3n) is 7.20. The van der Waals surface area contributed by atoms with Crippen LogP contribution >= 0.6 is 0 Å². The maximum absolute atomic E-state index is 10.6. The van der Waals surface area contributed by atoms with E-state index in [-0.39, 0.29) is 5.60 Å². The summed E-state index contributed by atoms with van der Waals surface area (Å²) in [6, 6.07) is 15.0. The van der Waals surface area contributed by atoms with E-state index in [0.717, 1.165) is 51.3 Å². The van der Waals surface area contributed by atoms with Crippen molar-refractivity contribution in [2.24, 2.45) is 0 Å². The Morgan fingerprint density at radius 3 is 2.27 bits per heavy atom. The van der Waals surface area contributed by atoms with Gasteiger partial charge in [0, 0.05) is 50.2 Å². The van der Waals surface area contributed by atoms with E-state index >= 15 is 0 Å². The first-order valence-corrected chi connectivity index (χ1v) is 13.9. The van der Waals surface area contributed by atoms with Crippen LogP contribution in [0.2, 0.25) is 0 Å². The van der Waals surface area contributed by atoms with Gasteiger partial charge in [0.25, 0.3) is 0 Å². The van der Waals surface area contributed by atoms with Crippen molar-refractivity contribution in [3.05, 3.63) is 72.2 Å². The quantitative estimate of drug-likeness (QED) is 0.272. The number of carboxylic acid groups (broad SMARTS) is 2. The lowest BCUT2D eigenvalue weighted by atomic mass is 9.78. The van der Waals surface area contributed by atoms with Crippen molar-refractivity contribution in [1.82, 2.24) is 25.4 Å². The van der Waals surface area contributed by atoms with Crippen LogP contribution < -0.4 is 5.32 Å². The second kappa shape index (κ2) is 15.8. The van der Waals surface area contributed by atoms with Crippen molar-refractivity contribution in [2.45, 2.75) is 62.8 Å². The molecule has 246 valence electrons. The van der Waals surface area contributed by atoms with Crippen molar-refractivity contribution < 1.29 is 50.9 Å². The van der Waals surface area contributed by atoms with Gasteiger partial charge >= 0.3 is 24.3 Å². The summed E-state index contributed by atoms with van der Waals surface area (Å²) in [5, 5.41) is 25.6. The molecule has 2 fully saturated rings. The fourth-order valence-electron chi connectivity index (χ4n) is 5.15. The van der Waals surface area contributed by atoms with E-state index in [2.05, 4.69) is 55.7 Å². The number of H-pyrrole nitrogens is 1. The summed E-state index contributed by atoms with van der Waals surface area (Å²) in [5.74, 6) is -5.51. The highest BCUT2D eigenvalue weighted by atomic mass is 19.4. The van der Waals surface area contributed by atoms with Gasteiger partial charge in [0.05, 0.1) is 24.1 Å². The Labute approximate surface area is 254 Å². The molecule has 1 saturated carbocycles. The molecule has 1 spiro atoms. The molecule has 2 aliphatic rings. The van der Waals surface area contributed by atoms with Crippen LogP contribution in [-0.4, -0.2) is 85.9 Å². The second-order valence-electron chi connectivity index (χ2n) is 10.4. The van der Waals surface area contributed by atoms with Crippen LogP contribution in [0.15, 0.2) is 61.1 Å². The molecular weight excluding hydrogens is 612 g/mol. The van der Waals surface area contributed by atoms with E-state index in [9.17, 15) is 26.3 Å². The van der Waals surface area contributed by atoms with Gasteiger partial charge in [0.15, 0.2) is 0 Å². The summed E-state index contributed by atoms with van der Waals surface area (Å²) in [5.41, 5.74) is 4.67. The Bertz CT molecular complexity index is 1330. The number of carbonyl (C=O) groups is 2. The van der Waals surface area contributed by atoms with Crippen molar-refractivity contribution in [1.29, 1.82) is 0 Å². The molecular formula is C29H33F6N5O5. The SMILES string of the molecule is O=C(O)C(F)(F)F.O=C(O)C(F)(F)F.c1ccc(-c2[nH]ncc2CN2CCOC3(CCCCC3NCc3cccnc3)C2)cc1. The maximum atomic E-state index is 10.6. The average molecular weight is 646 g/mol. The Hall–Kier alpha value is -4.02. The number of morpholine rings is 1. The molecule has 2 aromatic heterocycles. The zero-order valence-electron chi connectivity index (χ0n) is 23.9. The number of aromatic nitrogens is 3. The number of nitrogens with zero attached hydrogens (tertiary/aromatic N) is 3. The highest BCUT2D eigenvalue weighted by molar-refractivity contribution is 5.73. The van der Waals surface area contributed by atoms with Crippen molar-refractivity contribution in [2.75, 3.05) is 19.7 Å². The molecule has 45 heavy (non-hydrogen) atoms. The van der Waals surface area contributed by atoms with Crippen LogP contribution in [0.1, 0.15) is 36.8 Å². The van der Waals surface area contributed by atoms with Crippen LogP contribution in [0.4, 0.5) is 26.3 Å². The zero-order valence-corrected chi connectivity index (χ0v) is 23.9. The number of nitrogens with one attached hydrogen (secondary N) is 2. The van der Waals surface area contributed by atoms with E-state index in [1.165, 1.54) is 29.5 Å². The number of benzene rings is 1. The number of aliphatic carboxylic acids is 2. The van der Waals surface area contributed by atoms with Crippen molar-refractivity contribution in [3.63, 3.8) is 0 Å². The predicted octanol–water partition coefficient (Wildman–Crippen LogP) is 5.04. The molecule has 1 aromatic carbocycles. The molecule has 2 atom stereocenters. The molecule has 1 saturated heterocycles. The molecule has 2 unspecified atom stereocenters. The van der Waals surface area contributed by atoms with E-state index in [1.54, 1.807) is 0 Å². The lowest BCUT2D eigenvalue weighted by molar-refractivity contribution is -0.193. The number of hydrogen-bond acceptors (Lipinski definition) is 7. The highest BCUT2D eigenvalue weighted by Gasteiger charge is 2.45. The lowest BCUT2D eigenvalue weighted by Gasteiger charge is -2.50. The molecule has 0 bridgehead atoms.